The molecule has 0 fully saturated rings. The minimum Gasteiger partial charge on any atom is -0.294 e. The normalized spacial score (nSPS) is 11.7. The largest absolute Gasteiger partial charge is 0.294 e. The van der Waals surface area contributed by atoms with Gasteiger partial charge < -0.3 is 0 Å². The molecule has 2 aromatic carbocycles. The summed E-state index contributed by atoms with van der Waals surface area (Å²) >= 11 is 5.99. The number of nitrogens with zero attached hydrogens (tertiary/aromatic N) is 1. The molecule has 0 radical (unpaired) electrons. The standard InChI is InChI=1S/C23H28ClNO/c1-5-19-14-16(2)10-11-20(19)9-7-6-8-17(3)25-23-13-12-21(24)15-22(23)18(4)26/h10-15H,5-9H2,1-4H3. The van der Waals surface area contributed by atoms with E-state index in [0.29, 0.717) is 16.3 Å². The molecule has 2 nitrogen and oxygen atoms in total. The molecular formula is C23H28ClNO. The van der Waals surface area contributed by atoms with Crippen molar-refractivity contribution in [1.82, 2.24) is 0 Å². The highest BCUT2D eigenvalue weighted by molar-refractivity contribution is 6.31. The molecule has 26 heavy (non-hydrogen) atoms. The predicted molar refractivity (Wildman–Crippen MR) is 112 cm³/mol. The van der Waals surface area contributed by atoms with Crippen LogP contribution in [0, 0.1) is 6.92 Å². The Morgan fingerprint density at radius 1 is 1.04 bits per heavy atom. The quantitative estimate of drug-likeness (QED) is 0.282. The first-order valence-electron chi connectivity index (χ1n) is 9.33. The van der Waals surface area contributed by atoms with Gasteiger partial charge in [0.2, 0.25) is 0 Å². The van der Waals surface area contributed by atoms with Crippen molar-refractivity contribution in [3.05, 3.63) is 63.7 Å². The monoisotopic (exact) mass is 369 g/mol. The molecule has 0 unspecified atom stereocenters. The molecule has 0 bridgehead atoms. The van der Waals surface area contributed by atoms with Gasteiger partial charge in [0, 0.05) is 16.3 Å². The molecule has 0 atom stereocenters. The molecular weight excluding hydrogens is 342 g/mol. The number of unbranched alkanes of at least 4 members (excludes halogenated alkanes) is 1. The molecule has 0 saturated carbocycles. The second kappa shape index (κ2) is 9.68. The van der Waals surface area contributed by atoms with Crippen LogP contribution >= 0.6 is 11.6 Å². The van der Waals surface area contributed by atoms with E-state index in [1.807, 2.05) is 13.0 Å². The molecule has 3 heteroatoms. The summed E-state index contributed by atoms with van der Waals surface area (Å²) in [5, 5.41) is 0.566. The highest BCUT2D eigenvalue weighted by atomic mass is 35.5. The van der Waals surface area contributed by atoms with Crippen LogP contribution in [0.4, 0.5) is 5.69 Å². The molecule has 0 saturated heterocycles. The lowest BCUT2D eigenvalue weighted by Gasteiger charge is -2.09. The fourth-order valence-corrected chi connectivity index (χ4v) is 3.35. The van der Waals surface area contributed by atoms with Gasteiger partial charge >= 0.3 is 0 Å². The lowest BCUT2D eigenvalue weighted by molar-refractivity contribution is 0.101. The summed E-state index contributed by atoms with van der Waals surface area (Å²) < 4.78 is 0. The van der Waals surface area contributed by atoms with Crippen LogP contribution in [-0.4, -0.2) is 11.5 Å². The first-order valence-corrected chi connectivity index (χ1v) is 9.71. The molecule has 0 spiro atoms. The smallest absolute Gasteiger partial charge is 0.162 e. The Bertz CT molecular complexity index is 808. The van der Waals surface area contributed by atoms with Gasteiger partial charge in [-0.15, -0.1) is 0 Å². The lowest BCUT2D eigenvalue weighted by atomic mass is 9.97. The first kappa shape index (κ1) is 20.4. The van der Waals surface area contributed by atoms with Crippen molar-refractivity contribution in [2.45, 2.75) is 59.8 Å². The molecule has 138 valence electrons. The second-order valence-electron chi connectivity index (χ2n) is 6.90. The molecule has 0 heterocycles. The van der Waals surface area contributed by atoms with Crippen LogP contribution in [0.15, 0.2) is 41.4 Å². The zero-order valence-electron chi connectivity index (χ0n) is 16.2. The molecule has 0 amide bonds. The summed E-state index contributed by atoms with van der Waals surface area (Å²) in [7, 11) is 0. The second-order valence-corrected chi connectivity index (χ2v) is 7.33. The van der Waals surface area contributed by atoms with Gasteiger partial charge in [-0.05, 0) is 82.2 Å². The third-order valence-corrected chi connectivity index (χ3v) is 4.86. The number of aryl methyl sites for hydroxylation is 3. The van der Waals surface area contributed by atoms with Gasteiger partial charge in [0.25, 0.3) is 0 Å². The summed E-state index contributed by atoms with van der Waals surface area (Å²) in [6.07, 6.45) is 5.37. The maximum absolute atomic E-state index is 11.8. The van der Waals surface area contributed by atoms with E-state index in [4.69, 9.17) is 11.6 Å². The van der Waals surface area contributed by atoms with Gasteiger partial charge in [0.1, 0.15) is 0 Å². The van der Waals surface area contributed by atoms with E-state index in [1.165, 1.54) is 16.7 Å². The Morgan fingerprint density at radius 3 is 2.50 bits per heavy atom. The minimum absolute atomic E-state index is 0.00878. The Kier molecular flexibility index (Phi) is 7.59. The fourth-order valence-electron chi connectivity index (χ4n) is 3.17. The SMILES string of the molecule is CCc1cc(C)ccc1CCCCC(C)=Nc1ccc(Cl)cc1C(C)=O. The van der Waals surface area contributed by atoms with E-state index < -0.39 is 0 Å². The topological polar surface area (TPSA) is 29.4 Å². The van der Waals surface area contributed by atoms with Gasteiger partial charge in [0.15, 0.2) is 5.78 Å². The van der Waals surface area contributed by atoms with E-state index in [1.54, 1.807) is 19.1 Å². The Hall–Kier alpha value is -1.93. The first-order chi connectivity index (χ1) is 12.4. The molecule has 0 aromatic heterocycles. The maximum atomic E-state index is 11.8. The van der Waals surface area contributed by atoms with E-state index in [2.05, 4.69) is 37.0 Å². The number of ketones is 1. The summed E-state index contributed by atoms with van der Waals surface area (Å²) in [6.45, 7) is 7.94. The number of carbonyl (C=O) groups excluding carboxylic acids is 1. The minimum atomic E-state index is -0.00878. The van der Waals surface area contributed by atoms with E-state index in [0.717, 1.165) is 37.8 Å². The molecule has 2 rings (SSSR count). The lowest BCUT2D eigenvalue weighted by Crippen LogP contribution is -1.98. The average Bonchev–Trinajstić information content (AvgIpc) is 2.61. The van der Waals surface area contributed by atoms with Gasteiger partial charge in [0.05, 0.1) is 5.69 Å². The summed E-state index contributed by atoms with van der Waals surface area (Å²) in [5.41, 5.74) is 6.61. The van der Waals surface area contributed by atoms with E-state index in [-0.39, 0.29) is 5.78 Å². The van der Waals surface area contributed by atoms with Crippen molar-refractivity contribution in [2.24, 2.45) is 4.99 Å². The van der Waals surface area contributed by atoms with Crippen LogP contribution < -0.4 is 0 Å². The zero-order valence-corrected chi connectivity index (χ0v) is 17.0. The van der Waals surface area contributed by atoms with Crippen molar-refractivity contribution in [3.8, 4) is 0 Å². The highest BCUT2D eigenvalue weighted by Gasteiger charge is 2.08. The van der Waals surface area contributed by atoms with E-state index >= 15 is 0 Å². The molecule has 2 aromatic rings. The molecule has 0 aliphatic carbocycles. The molecule has 0 aliphatic rings. The number of benzene rings is 2. The third kappa shape index (κ3) is 5.81. The Balaban J connectivity index is 1.94. The molecule has 0 N–H and O–H groups in total. The van der Waals surface area contributed by atoms with Crippen LogP contribution in [0.25, 0.3) is 0 Å². The number of hydrogen-bond donors (Lipinski definition) is 0. The summed E-state index contributed by atoms with van der Waals surface area (Å²) in [4.78, 5) is 16.4. The number of aliphatic imine (C=N–C) groups is 1. The van der Waals surface area contributed by atoms with Crippen LogP contribution in [-0.2, 0) is 12.8 Å². The fraction of sp³-hybridized carbons (Fsp3) is 0.391. The Labute approximate surface area is 162 Å². The van der Waals surface area contributed by atoms with Crippen molar-refractivity contribution < 1.29 is 4.79 Å². The Morgan fingerprint density at radius 2 is 1.81 bits per heavy atom. The number of hydrogen-bond acceptors (Lipinski definition) is 2. The number of Topliss-reactive ketones (excluding diaryl/α,β-unsaturated/α-hetero) is 1. The maximum Gasteiger partial charge on any atom is 0.162 e. The van der Waals surface area contributed by atoms with Crippen LogP contribution in [0.1, 0.15) is 67.1 Å². The molecule has 0 aliphatic heterocycles. The highest BCUT2D eigenvalue weighted by Crippen LogP contribution is 2.24. The third-order valence-electron chi connectivity index (χ3n) is 4.63. The van der Waals surface area contributed by atoms with Crippen molar-refractivity contribution in [1.29, 1.82) is 0 Å². The van der Waals surface area contributed by atoms with Crippen LogP contribution in [0.2, 0.25) is 5.02 Å². The summed E-state index contributed by atoms with van der Waals surface area (Å²) in [5.74, 6) is -0.00878. The van der Waals surface area contributed by atoms with Crippen LogP contribution in [0.3, 0.4) is 0 Å². The van der Waals surface area contributed by atoms with Gasteiger partial charge in [-0.2, -0.15) is 0 Å². The van der Waals surface area contributed by atoms with Crippen molar-refractivity contribution >= 4 is 28.8 Å². The van der Waals surface area contributed by atoms with Gasteiger partial charge in [-0.1, -0.05) is 42.3 Å². The van der Waals surface area contributed by atoms with Crippen molar-refractivity contribution in [2.75, 3.05) is 0 Å². The van der Waals surface area contributed by atoms with Gasteiger partial charge in [-0.25, -0.2) is 0 Å². The summed E-state index contributed by atoms with van der Waals surface area (Å²) in [6, 6.07) is 12.1. The number of rotatable bonds is 8. The van der Waals surface area contributed by atoms with Crippen molar-refractivity contribution in [3.63, 3.8) is 0 Å². The van der Waals surface area contributed by atoms with Crippen LogP contribution in [0.5, 0.6) is 0 Å². The zero-order chi connectivity index (χ0) is 19.1. The van der Waals surface area contributed by atoms with Gasteiger partial charge in [-0.3, -0.25) is 9.79 Å². The number of halogens is 1. The average molecular weight is 370 g/mol. The van der Waals surface area contributed by atoms with E-state index in [9.17, 15) is 4.79 Å². The predicted octanol–water partition coefficient (Wildman–Crippen LogP) is 6.92. The number of carbonyl (C=O) groups is 1.